The Morgan fingerprint density at radius 2 is 1.81 bits per heavy atom. The second-order valence-electron chi connectivity index (χ2n) is 9.28. The minimum Gasteiger partial charge on any atom is -0.489 e. The van der Waals surface area contributed by atoms with Crippen LogP contribution in [-0.4, -0.2) is 49.1 Å². The average Bonchev–Trinajstić information content (AvgIpc) is 2.78. The fourth-order valence-corrected chi connectivity index (χ4v) is 4.47. The molecule has 0 spiro atoms. The molecule has 3 atom stereocenters. The first kappa shape index (κ1) is 22.2. The second-order valence-corrected chi connectivity index (χ2v) is 9.28. The Kier molecular flexibility index (Phi) is 7.00. The highest BCUT2D eigenvalue weighted by Gasteiger charge is 2.29. The topological polar surface area (TPSA) is 52.1 Å². The number of aliphatic imine (C=N–C) groups is 1. The summed E-state index contributed by atoms with van der Waals surface area (Å²) >= 11 is 0. The molecule has 1 fully saturated rings. The van der Waals surface area contributed by atoms with Crippen molar-refractivity contribution in [3.05, 3.63) is 72.1 Å². The first-order valence-corrected chi connectivity index (χ1v) is 11.5. The Morgan fingerprint density at radius 1 is 1.06 bits per heavy atom. The number of nitrogens with one attached hydrogen (secondary N) is 2. The maximum absolute atomic E-state index is 6.00. The Labute approximate surface area is 192 Å². The van der Waals surface area contributed by atoms with E-state index >= 15 is 0 Å². The summed E-state index contributed by atoms with van der Waals surface area (Å²) in [7, 11) is 4.07. The largest absolute Gasteiger partial charge is 0.489 e. The van der Waals surface area contributed by atoms with Crippen molar-refractivity contribution < 1.29 is 4.74 Å². The number of hydrogen-bond acceptors (Lipinski definition) is 6. The highest BCUT2D eigenvalue weighted by molar-refractivity contribution is 5.94. The molecule has 3 unspecified atom stereocenters. The maximum Gasteiger partial charge on any atom is 0.179 e. The van der Waals surface area contributed by atoms with E-state index in [2.05, 4.69) is 58.6 Å². The molecule has 32 heavy (non-hydrogen) atoms. The van der Waals surface area contributed by atoms with Crippen molar-refractivity contribution in [2.24, 2.45) is 16.8 Å². The van der Waals surface area contributed by atoms with Crippen LogP contribution in [0.15, 0.2) is 71.5 Å². The lowest BCUT2D eigenvalue weighted by Crippen LogP contribution is -2.53. The van der Waals surface area contributed by atoms with E-state index in [1.165, 1.54) is 6.42 Å². The molecule has 2 aromatic carbocycles. The van der Waals surface area contributed by atoms with Crippen molar-refractivity contribution in [1.82, 2.24) is 15.1 Å². The van der Waals surface area contributed by atoms with E-state index in [-0.39, 0.29) is 6.29 Å². The van der Waals surface area contributed by atoms with Gasteiger partial charge in [0.05, 0.1) is 0 Å². The van der Waals surface area contributed by atoms with Crippen LogP contribution in [0.4, 0.5) is 5.69 Å². The molecule has 2 aliphatic heterocycles. The molecular formula is C26H35N5O. The number of benzene rings is 2. The third-order valence-corrected chi connectivity index (χ3v) is 5.88. The smallest absolute Gasteiger partial charge is 0.179 e. The lowest BCUT2D eigenvalue weighted by molar-refractivity contribution is 0.0863. The van der Waals surface area contributed by atoms with Crippen molar-refractivity contribution in [2.75, 3.05) is 32.5 Å². The van der Waals surface area contributed by atoms with E-state index in [1.54, 1.807) is 0 Å². The normalized spacial score (nSPS) is 23.6. The fraction of sp³-hybridized carbons (Fsp3) is 0.423. The second kappa shape index (κ2) is 10.1. The van der Waals surface area contributed by atoms with Gasteiger partial charge in [-0.15, -0.1) is 0 Å². The van der Waals surface area contributed by atoms with Crippen LogP contribution in [0.1, 0.15) is 25.8 Å². The maximum atomic E-state index is 6.00. The summed E-state index contributed by atoms with van der Waals surface area (Å²) in [4.78, 5) is 9.48. The highest BCUT2D eigenvalue weighted by atomic mass is 16.5. The molecule has 2 heterocycles. The minimum atomic E-state index is -0.0670. The zero-order chi connectivity index (χ0) is 22.5. The molecular weight excluding hydrogens is 398 g/mol. The predicted octanol–water partition coefficient (Wildman–Crippen LogP) is 4.34. The molecule has 2 N–H and O–H groups in total. The average molecular weight is 434 g/mol. The Morgan fingerprint density at radius 3 is 2.53 bits per heavy atom. The number of amidine groups is 1. The van der Waals surface area contributed by atoms with E-state index in [0.717, 1.165) is 41.7 Å². The molecule has 170 valence electrons. The third-order valence-electron chi connectivity index (χ3n) is 5.88. The van der Waals surface area contributed by atoms with Crippen molar-refractivity contribution in [3.8, 4) is 5.75 Å². The Bertz CT molecular complexity index is 946. The van der Waals surface area contributed by atoms with Gasteiger partial charge in [0.15, 0.2) is 6.29 Å². The number of ether oxygens (including phenoxy) is 1. The number of likely N-dealkylation sites (N-methyl/N-ethyl adjacent to an activating group) is 1. The van der Waals surface area contributed by atoms with Crippen LogP contribution in [0.2, 0.25) is 0 Å². The number of anilines is 1. The van der Waals surface area contributed by atoms with E-state index < -0.39 is 0 Å². The third kappa shape index (κ3) is 5.82. The molecule has 0 radical (unpaired) electrons. The van der Waals surface area contributed by atoms with Gasteiger partial charge in [0.2, 0.25) is 0 Å². The van der Waals surface area contributed by atoms with E-state index in [9.17, 15) is 0 Å². The summed E-state index contributed by atoms with van der Waals surface area (Å²) in [6.45, 7) is 7.33. The SMILES string of the molecule is CC1CC(C)CN(C2N=C(N(C)C)C=C(Nc3cccc(OCc4ccccc4)c3)N2)C1. The van der Waals surface area contributed by atoms with Gasteiger partial charge < -0.3 is 20.3 Å². The predicted molar refractivity (Wildman–Crippen MR) is 131 cm³/mol. The number of nitrogens with zero attached hydrogens (tertiary/aromatic N) is 3. The van der Waals surface area contributed by atoms with Crippen LogP contribution in [-0.2, 0) is 6.61 Å². The van der Waals surface area contributed by atoms with Gasteiger partial charge >= 0.3 is 0 Å². The van der Waals surface area contributed by atoms with Gasteiger partial charge in [0, 0.05) is 45.0 Å². The first-order valence-electron chi connectivity index (χ1n) is 11.5. The summed E-state index contributed by atoms with van der Waals surface area (Å²) in [6, 6.07) is 18.3. The van der Waals surface area contributed by atoms with Gasteiger partial charge in [-0.3, -0.25) is 4.90 Å². The zero-order valence-electron chi connectivity index (χ0n) is 19.6. The van der Waals surface area contributed by atoms with Crippen molar-refractivity contribution >= 4 is 11.5 Å². The van der Waals surface area contributed by atoms with Crippen LogP contribution in [0.3, 0.4) is 0 Å². The molecule has 6 nitrogen and oxygen atoms in total. The minimum absolute atomic E-state index is 0.0670. The van der Waals surface area contributed by atoms with Gasteiger partial charge in [0.1, 0.15) is 24.0 Å². The molecule has 2 aromatic rings. The van der Waals surface area contributed by atoms with Crippen LogP contribution in [0.25, 0.3) is 0 Å². The molecule has 2 aliphatic rings. The summed E-state index contributed by atoms with van der Waals surface area (Å²) in [6.07, 6.45) is 3.28. The standard InChI is InChI=1S/C26H35N5O/c1-19-13-20(2)17-31(16-19)26-28-24(15-25(29-26)30(3)4)27-22-11-8-12-23(14-22)32-18-21-9-6-5-7-10-21/h5-12,14-15,19-20,26-28H,13,16-18H2,1-4H3. The summed E-state index contributed by atoms with van der Waals surface area (Å²) in [5, 5.41) is 7.13. The van der Waals surface area contributed by atoms with Gasteiger partial charge in [-0.2, -0.15) is 0 Å². The van der Waals surface area contributed by atoms with Gasteiger partial charge in [0.25, 0.3) is 0 Å². The van der Waals surface area contributed by atoms with Gasteiger partial charge in [-0.25, -0.2) is 4.99 Å². The lowest BCUT2D eigenvalue weighted by Gasteiger charge is -2.40. The van der Waals surface area contributed by atoms with Crippen LogP contribution >= 0.6 is 0 Å². The number of rotatable bonds is 6. The number of piperidine rings is 1. The summed E-state index contributed by atoms with van der Waals surface area (Å²) in [5.41, 5.74) is 2.13. The fourth-order valence-electron chi connectivity index (χ4n) is 4.47. The highest BCUT2D eigenvalue weighted by Crippen LogP contribution is 2.25. The van der Waals surface area contributed by atoms with Crippen molar-refractivity contribution in [1.29, 1.82) is 0 Å². The lowest BCUT2D eigenvalue weighted by atomic mass is 9.92. The quantitative estimate of drug-likeness (QED) is 0.710. The zero-order valence-corrected chi connectivity index (χ0v) is 19.6. The van der Waals surface area contributed by atoms with Crippen LogP contribution in [0, 0.1) is 11.8 Å². The summed E-state index contributed by atoms with van der Waals surface area (Å²) < 4.78 is 6.00. The summed E-state index contributed by atoms with van der Waals surface area (Å²) in [5.74, 6) is 4.10. The van der Waals surface area contributed by atoms with E-state index in [0.29, 0.717) is 18.4 Å². The molecule has 6 heteroatoms. The van der Waals surface area contributed by atoms with Crippen molar-refractivity contribution in [3.63, 3.8) is 0 Å². The van der Waals surface area contributed by atoms with Gasteiger partial charge in [-0.1, -0.05) is 50.2 Å². The number of likely N-dealkylation sites (tertiary alicyclic amines) is 1. The van der Waals surface area contributed by atoms with Crippen LogP contribution < -0.4 is 15.4 Å². The molecule has 0 saturated carbocycles. The molecule has 0 aromatic heterocycles. The first-order chi connectivity index (χ1) is 15.5. The molecule has 4 rings (SSSR count). The Hall–Kier alpha value is -2.99. The monoisotopic (exact) mass is 433 g/mol. The molecule has 1 saturated heterocycles. The van der Waals surface area contributed by atoms with Crippen LogP contribution in [0.5, 0.6) is 5.75 Å². The van der Waals surface area contributed by atoms with E-state index in [4.69, 9.17) is 9.73 Å². The van der Waals surface area contributed by atoms with Crippen molar-refractivity contribution in [2.45, 2.75) is 33.2 Å². The molecule has 0 amide bonds. The van der Waals surface area contributed by atoms with E-state index in [1.807, 2.05) is 50.5 Å². The number of hydrogen-bond donors (Lipinski definition) is 2. The Balaban J connectivity index is 1.45. The molecule has 0 aliphatic carbocycles. The van der Waals surface area contributed by atoms with Gasteiger partial charge in [-0.05, 0) is 36.0 Å². The molecule has 0 bridgehead atoms.